The molecule has 6 heteroatoms. The predicted octanol–water partition coefficient (Wildman–Crippen LogP) is 1.81. The Kier molecular flexibility index (Phi) is 3.57. The van der Waals surface area contributed by atoms with Crippen molar-refractivity contribution >= 4 is 11.9 Å². The highest BCUT2D eigenvalue weighted by Gasteiger charge is 2.10. The van der Waals surface area contributed by atoms with Crippen LogP contribution in [0.4, 0.5) is 5.69 Å². The molecule has 2 aromatic carbocycles. The van der Waals surface area contributed by atoms with Crippen molar-refractivity contribution in [3.8, 4) is 5.69 Å². The highest BCUT2D eigenvalue weighted by Crippen LogP contribution is 2.05. The topological polar surface area (TPSA) is 78.2 Å². The van der Waals surface area contributed by atoms with Gasteiger partial charge in [0, 0.05) is 5.69 Å². The third kappa shape index (κ3) is 2.67. The number of aromatic nitrogens is 3. The van der Waals surface area contributed by atoms with Crippen LogP contribution in [0.1, 0.15) is 11.4 Å². The van der Waals surface area contributed by atoms with Crippen LogP contribution in [0.25, 0.3) is 5.69 Å². The van der Waals surface area contributed by atoms with Crippen molar-refractivity contribution in [2.75, 3.05) is 5.73 Å². The third-order valence-corrected chi connectivity index (χ3v) is 3.17. The summed E-state index contributed by atoms with van der Waals surface area (Å²) in [7, 11) is 0. The van der Waals surface area contributed by atoms with Crippen molar-refractivity contribution in [1.82, 2.24) is 14.5 Å². The van der Waals surface area contributed by atoms with Crippen LogP contribution < -0.4 is 11.4 Å². The maximum absolute atomic E-state index is 12.4. The van der Waals surface area contributed by atoms with E-state index in [1.807, 2.05) is 42.5 Å². The summed E-state index contributed by atoms with van der Waals surface area (Å²) in [6.45, 7) is 1.74. The van der Waals surface area contributed by atoms with Crippen LogP contribution in [-0.2, 0) is 0 Å². The molecule has 2 N–H and O–H groups in total. The lowest BCUT2D eigenvalue weighted by molar-refractivity contribution is 0.778. The van der Waals surface area contributed by atoms with Crippen molar-refractivity contribution in [3.05, 3.63) is 76.5 Å². The van der Waals surface area contributed by atoms with Crippen molar-refractivity contribution in [2.45, 2.75) is 6.92 Å². The zero-order chi connectivity index (χ0) is 15.5. The summed E-state index contributed by atoms with van der Waals surface area (Å²) >= 11 is 0. The van der Waals surface area contributed by atoms with Gasteiger partial charge in [0.15, 0.2) is 5.82 Å². The van der Waals surface area contributed by atoms with E-state index in [2.05, 4.69) is 10.2 Å². The fourth-order valence-electron chi connectivity index (χ4n) is 2.03. The molecule has 0 aliphatic rings. The van der Waals surface area contributed by atoms with Gasteiger partial charge in [-0.1, -0.05) is 30.3 Å². The maximum atomic E-state index is 12.4. The van der Waals surface area contributed by atoms with Gasteiger partial charge in [0.1, 0.15) is 0 Å². The van der Waals surface area contributed by atoms with E-state index >= 15 is 0 Å². The van der Waals surface area contributed by atoms with E-state index in [0.717, 1.165) is 5.56 Å². The van der Waals surface area contributed by atoms with E-state index < -0.39 is 0 Å². The Hall–Kier alpha value is -3.15. The fraction of sp³-hybridized carbons (Fsp3) is 0.0625. The summed E-state index contributed by atoms with van der Waals surface area (Å²) in [5.74, 6) is 0.514. The minimum Gasteiger partial charge on any atom is -0.399 e. The van der Waals surface area contributed by atoms with Crippen molar-refractivity contribution in [3.63, 3.8) is 0 Å². The van der Waals surface area contributed by atoms with Gasteiger partial charge in [-0.05, 0) is 36.8 Å². The number of anilines is 1. The highest BCUT2D eigenvalue weighted by atomic mass is 16.2. The molecule has 0 aliphatic heterocycles. The van der Waals surface area contributed by atoms with Crippen molar-refractivity contribution in [2.24, 2.45) is 5.10 Å². The van der Waals surface area contributed by atoms with Crippen LogP contribution in [0, 0.1) is 6.92 Å². The van der Waals surface area contributed by atoms with Crippen LogP contribution >= 0.6 is 0 Å². The Balaban J connectivity index is 1.97. The molecule has 1 aromatic heterocycles. The summed E-state index contributed by atoms with van der Waals surface area (Å²) in [5, 5.41) is 8.45. The average Bonchev–Trinajstić information content (AvgIpc) is 2.82. The number of benzene rings is 2. The summed E-state index contributed by atoms with van der Waals surface area (Å²) < 4.78 is 2.60. The number of rotatable bonds is 3. The Bertz CT molecular complexity index is 860. The first kappa shape index (κ1) is 13.8. The second kappa shape index (κ2) is 5.69. The first-order valence-corrected chi connectivity index (χ1v) is 6.79. The number of nitrogens with two attached hydrogens (primary N) is 1. The Morgan fingerprint density at radius 3 is 2.45 bits per heavy atom. The zero-order valence-electron chi connectivity index (χ0n) is 12.0. The number of para-hydroxylation sites is 1. The molecule has 0 aliphatic carbocycles. The molecule has 0 unspecified atom stereocenters. The van der Waals surface area contributed by atoms with Gasteiger partial charge in [-0.2, -0.15) is 14.5 Å². The molecule has 6 nitrogen and oxygen atoms in total. The molecule has 0 radical (unpaired) electrons. The van der Waals surface area contributed by atoms with Crippen molar-refractivity contribution in [1.29, 1.82) is 0 Å². The molecule has 0 amide bonds. The van der Waals surface area contributed by atoms with E-state index in [1.54, 1.807) is 25.3 Å². The molecule has 22 heavy (non-hydrogen) atoms. The van der Waals surface area contributed by atoms with Gasteiger partial charge in [-0.15, -0.1) is 5.10 Å². The molecule has 0 spiro atoms. The van der Waals surface area contributed by atoms with Gasteiger partial charge < -0.3 is 5.73 Å². The molecular formula is C16H15N5O. The third-order valence-electron chi connectivity index (χ3n) is 3.17. The van der Waals surface area contributed by atoms with Crippen LogP contribution in [-0.4, -0.2) is 20.7 Å². The second-order valence-electron chi connectivity index (χ2n) is 4.80. The van der Waals surface area contributed by atoms with Gasteiger partial charge in [0.2, 0.25) is 0 Å². The molecule has 110 valence electrons. The fourth-order valence-corrected chi connectivity index (χ4v) is 2.03. The van der Waals surface area contributed by atoms with E-state index in [-0.39, 0.29) is 5.69 Å². The quantitative estimate of drug-likeness (QED) is 0.591. The highest BCUT2D eigenvalue weighted by molar-refractivity contribution is 5.80. The Morgan fingerprint density at radius 1 is 1.09 bits per heavy atom. The molecule has 0 atom stereocenters. The van der Waals surface area contributed by atoms with Crippen LogP contribution in [0.3, 0.4) is 0 Å². The summed E-state index contributed by atoms with van der Waals surface area (Å²) in [5.41, 5.74) is 7.57. The molecule has 1 heterocycles. The minimum absolute atomic E-state index is 0.310. The lowest BCUT2D eigenvalue weighted by atomic mass is 10.2. The monoisotopic (exact) mass is 293 g/mol. The molecule has 3 aromatic rings. The average molecular weight is 293 g/mol. The lowest BCUT2D eigenvalue weighted by Gasteiger charge is -1.97. The predicted molar refractivity (Wildman–Crippen MR) is 86.4 cm³/mol. The zero-order valence-corrected chi connectivity index (χ0v) is 12.0. The largest absolute Gasteiger partial charge is 0.399 e. The molecule has 0 saturated carbocycles. The van der Waals surface area contributed by atoms with Gasteiger partial charge >= 0.3 is 5.69 Å². The van der Waals surface area contributed by atoms with Crippen LogP contribution in [0.2, 0.25) is 0 Å². The summed E-state index contributed by atoms with van der Waals surface area (Å²) in [6.07, 6.45) is 1.60. The molecule has 0 bridgehead atoms. The van der Waals surface area contributed by atoms with Gasteiger partial charge in [0.05, 0.1) is 11.9 Å². The first-order valence-electron chi connectivity index (χ1n) is 6.79. The number of nitrogen functional groups attached to an aromatic ring is 1. The Labute approximate surface area is 127 Å². The van der Waals surface area contributed by atoms with Gasteiger partial charge in [-0.3, -0.25) is 0 Å². The summed E-state index contributed by atoms with van der Waals surface area (Å²) in [6, 6.07) is 16.5. The maximum Gasteiger partial charge on any atom is 0.371 e. The standard InChI is InChI=1S/C16H15N5O/c1-12-19-21(15-5-3-2-4-6-15)16(22)20(12)18-11-13-7-9-14(17)10-8-13/h2-11H,17H2,1H3/b18-11+. The molecule has 0 fully saturated rings. The van der Waals surface area contributed by atoms with Crippen LogP contribution in [0.5, 0.6) is 0 Å². The smallest absolute Gasteiger partial charge is 0.371 e. The number of nitrogens with zero attached hydrogens (tertiary/aromatic N) is 4. The lowest BCUT2D eigenvalue weighted by Crippen LogP contribution is -2.21. The summed E-state index contributed by atoms with van der Waals surface area (Å²) in [4.78, 5) is 12.4. The normalized spacial score (nSPS) is 11.1. The number of hydrogen-bond acceptors (Lipinski definition) is 4. The van der Waals surface area contributed by atoms with E-state index in [0.29, 0.717) is 17.2 Å². The van der Waals surface area contributed by atoms with Crippen molar-refractivity contribution < 1.29 is 0 Å². The number of aryl methyl sites for hydroxylation is 1. The molecule has 0 saturated heterocycles. The van der Waals surface area contributed by atoms with E-state index in [1.165, 1.54) is 9.36 Å². The first-order chi connectivity index (χ1) is 10.6. The Morgan fingerprint density at radius 2 is 1.77 bits per heavy atom. The van der Waals surface area contributed by atoms with Crippen LogP contribution in [0.15, 0.2) is 64.5 Å². The van der Waals surface area contributed by atoms with E-state index in [9.17, 15) is 4.79 Å². The number of hydrogen-bond donors (Lipinski definition) is 1. The van der Waals surface area contributed by atoms with Gasteiger partial charge in [0.25, 0.3) is 0 Å². The minimum atomic E-state index is -0.310. The van der Waals surface area contributed by atoms with Gasteiger partial charge in [-0.25, -0.2) is 4.79 Å². The SMILES string of the molecule is Cc1nn(-c2ccccc2)c(=O)n1/N=C/c1ccc(N)cc1. The molecular weight excluding hydrogens is 278 g/mol. The second-order valence-corrected chi connectivity index (χ2v) is 4.80. The molecule has 3 rings (SSSR count). The van der Waals surface area contributed by atoms with E-state index in [4.69, 9.17) is 5.73 Å².